The third-order valence-corrected chi connectivity index (χ3v) is 6.61. The number of carbonyl (C=O) groups is 2. The second kappa shape index (κ2) is 9.69. The number of rotatable bonds is 5. The molecular formula is C28H29N3O3. The SMILES string of the molecule is Cc1ccc2c(c1)OCC(=O)N2CC(=O)N1CCN(C(c2ccccc2)c2ccccc2)CC1. The highest BCUT2D eigenvalue weighted by atomic mass is 16.5. The Kier molecular flexibility index (Phi) is 6.32. The van der Waals surface area contributed by atoms with Crippen molar-refractivity contribution in [3.05, 3.63) is 95.6 Å². The van der Waals surface area contributed by atoms with Crippen molar-refractivity contribution in [2.45, 2.75) is 13.0 Å². The number of ether oxygens (including phenoxy) is 1. The minimum atomic E-state index is -0.184. The molecule has 0 atom stereocenters. The zero-order valence-electron chi connectivity index (χ0n) is 19.4. The highest BCUT2D eigenvalue weighted by molar-refractivity contribution is 6.02. The average molecular weight is 456 g/mol. The van der Waals surface area contributed by atoms with Gasteiger partial charge in [-0.2, -0.15) is 0 Å². The Morgan fingerprint density at radius 3 is 2.12 bits per heavy atom. The molecule has 2 aliphatic rings. The van der Waals surface area contributed by atoms with Gasteiger partial charge in [0.25, 0.3) is 5.91 Å². The minimum absolute atomic E-state index is 0.0302. The molecule has 2 amide bonds. The van der Waals surface area contributed by atoms with Crippen molar-refractivity contribution in [1.29, 1.82) is 0 Å². The van der Waals surface area contributed by atoms with Gasteiger partial charge in [0.05, 0.1) is 11.7 Å². The number of carbonyl (C=O) groups excluding carboxylic acids is 2. The van der Waals surface area contributed by atoms with E-state index in [1.54, 1.807) is 4.90 Å². The molecule has 3 aromatic rings. The molecule has 0 saturated carbocycles. The molecule has 0 aliphatic carbocycles. The fourth-order valence-electron chi connectivity index (χ4n) is 4.83. The zero-order chi connectivity index (χ0) is 23.5. The van der Waals surface area contributed by atoms with Crippen LogP contribution in [0, 0.1) is 6.92 Å². The Bertz CT molecular complexity index is 1120. The number of anilines is 1. The quantitative estimate of drug-likeness (QED) is 0.589. The number of piperazine rings is 1. The van der Waals surface area contributed by atoms with E-state index >= 15 is 0 Å². The summed E-state index contributed by atoms with van der Waals surface area (Å²) in [7, 11) is 0. The van der Waals surface area contributed by atoms with E-state index in [9.17, 15) is 9.59 Å². The van der Waals surface area contributed by atoms with Crippen LogP contribution in [-0.4, -0.2) is 60.9 Å². The van der Waals surface area contributed by atoms with Crippen molar-refractivity contribution in [2.24, 2.45) is 0 Å². The van der Waals surface area contributed by atoms with Crippen molar-refractivity contribution in [3.63, 3.8) is 0 Å². The molecule has 0 aromatic heterocycles. The lowest BCUT2D eigenvalue weighted by Gasteiger charge is -2.40. The van der Waals surface area contributed by atoms with Crippen molar-refractivity contribution >= 4 is 17.5 Å². The third kappa shape index (κ3) is 4.54. The van der Waals surface area contributed by atoms with E-state index in [4.69, 9.17) is 4.74 Å². The van der Waals surface area contributed by atoms with Crippen LogP contribution < -0.4 is 9.64 Å². The third-order valence-electron chi connectivity index (χ3n) is 6.61. The van der Waals surface area contributed by atoms with E-state index in [1.807, 2.05) is 42.2 Å². The number of amides is 2. The van der Waals surface area contributed by atoms with Crippen LogP contribution in [0.1, 0.15) is 22.7 Å². The first-order chi connectivity index (χ1) is 16.6. The molecule has 174 valence electrons. The van der Waals surface area contributed by atoms with Gasteiger partial charge in [0.15, 0.2) is 6.61 Å². The van der Waals surface area contributed by atoms with Gasteiger partial charge in [-0.1, -0.05) is 66.7 Å². The maximum Gasteiger partial charge on any atom is 0.265 e. The summed E-state index contributed by atoms with van der Waals surface area (Å²) >= 11 is 0. The van der Waals surface area contributed by atoms with Gasteiger partial charge in [-0.3, -0.25) is 19.4 Å². The highest BCUT2D eigenvalue weighted by Gasteiger charge is 2.32. The van der Waals surface area contributed by atoms with Crippen LogP contribution in [0.2, 0.25) is 0 Å². The lowest BCUT2D eigenvalue weighted by Crippen LogP contribution is -2.53. The maximum absolute atomic E-state index is 13.2. The molecule has 5 rings (SSSR count). The molecule has 2 aliphatic heterocycles. The first kappa shape index (κ1) is 22.2. The Labute approximate surface area is 200 Å². The van der Waals surface area contributed by atoms with Crippen LogP contribution >= 0.6 is 0 Å². The number of hydrogen-bond acceptors (Lipinski definition) is 4. The molecule has 0 radical (unpaired) electrons. The molecule has 34 heavy (non-hydrogen) atoms. The summed E-state index contributed by atoms with van der Waals surface area (Å²) in [6.45, 7) is 4.79. The Morgan fingerprint density at radius 1 is 0.882 bits per heavy atom. The number of hydrogen-bond donors (Lipinski definition) is 0. The predicted octanol–water partition coefficient (Wildman–Crippen LogP) is 3.65. The van der Waals surface area contributed by atoms with Crippen LogP contribution in [0.5, 0.6) is 5.75 Å². The summed E-state index contributed by atoms with van der Waals surface area (Å²) < 4.78 is 5.58. The van der Waals surface area contributed by atoms with Gasteiger partial charge in [-0.05, 0) is 35.7 Å². The molecule has 1 fully saturated rings. The van der Waals surface area contributed by atoms with E-state index in [0.29, 0.717) is 24.5 Å². The topological polar surface area (TPSA) is 53.1 Å². The number of aryl methyl sites for hydroxylation is 1. The fraction of sp³-hybridized carbons (Fsp3) is 0.286. The smallest absolute Gasteiger partial charge is 0.265 e. The molecule has 0 bridgehead atoms. The van der Waals surface area contributed by atoms with Crippen LogP contribution in [0.25, 0.3) is 0 Å². The molecule has 2 heterocycles. The largest absolute Gasteiger partial charge is 0.482 e. The Morgan fingerprint density at radius 2 is 1.50 bits per heavy atom. The van der Waals surface area contributed by atoms with Gasteiger partial charge >= 0.3 is 0 Å². The number of benzene rings is 3. The van der Waals surface area contributed by atoms with E-state index in [0.717, 1.165) is 18.7 Å². The summed E-state index contributed by atoms with van der Waals surface area (Å²) in [4.78, 5) is 31.6. The van der Waals surface area contributed by atoms with Gasteiger partial charge < -0.3 is 9.64 Å². The molecule has 0 N–H and O–H groups in total. The van der Waals surface area contributed by atoms with Gasteiger partial charge in [-0.15, -0.1) is 0 Å². The molecule has 1 saturated heterocycles. The van der Waals surface area contributed by atoms with Crippen LogP contribution in [-0.2, 0) is 9.59 Å². The summed E-state index contributed by atoms with van der Waals surface area (Å²) in [6, 6.07) is 26.9. The number of fused-ring (bicyclic) bond motifs is 1. The monoisotopic (exact) mass is 455 g/mol. The number of nitrogens with zero attached hydrogens (tertiary/aromatic N) is 3. The lowest BCUT2D eigenvalue weighted by atomic mass is 9.96. The van der Waals surface area contributed by atoms with E-state index in [1.165, 1.54) is 11.1 Å². The average Bonchev–Trinajstić information content (AvgIpc) is 2.87. The molecule has 0 unspecified atom stereocenters. The normalized spacial score (nSPS) is 16.4. The van der Waals surface area contributed by atoms with Gasteiger partial charge in [-0.25, -0.2) is 0 Å². The standard InChI is InChI=1S/C28H29N3O3/c1-21-12-13-24-25(18-21)34-20-27(33)31(24)19-26(32)29-14-16-30(17-15-29)28(22-8-4-2-5-9-22)23-10-6-3-7-11-23/h2-13,18,28H,14-17,19-20H2,1H3. The van der Waals surface area contributed by atoms with E-state index in [2.05, 4.69) is 53.4 Å². The van der Waals surface area contributed by atoms with Crippen molar-refractivity contribution < 1.29 is 14.3 Å². The second-order valence-corrected chi connectivity index (χ2v) is 8.88. The summed E-state index contributed by atoms with van der Waals surface area (Å²) in [5.74, 6) is 0.444. The zero-order valence-corrected chi connectivity index (χ0v) is 19.4. The summed E-state index contributed by atoms with van der Waals surface area (Å²) in [6.07, 6.45) is 0. The summed E-state index contributed by atoms with van der Waals surface area (Å²) in [5.41, 5.74) is 4.22. The maximum atomic E-state index is 13.2. The van der Waals surface area contributed by atoms with Crippen molar-refractivity contribution in [1.82, 2.24) is 9.80 Å². The predicted molar refractivity (Wildman–Crippen MR) is 132 cm³/mol. The van der Waals surface area contributed by atoms with E-state index in [-0.39, 0.29) is 31.0 Å². The second-order valence-electron chi connectivity index (χ2n) is 8.88. The molecule has 6 heteroatoms. The van der Waals surface area contributed by atoms with Crippen LogP contribution in [0.4, 0.5) is 5.69 Å². The molecule has 0 spiro atoms. The molecular weight excluding hydrogens is 426 g/mol. The van der Waals surface area contributed by atoms with Crippen molar-refractivity contribution in [2.75, 3.05) is 44.2 Å². The first-order valence-corrected chi connectivity index (χ1v) is 11.8. The minimum Gasteiger partial charge on any atom is -0.482 e. The Balaban J connectivity index is 1.28. The lowest BCUT2D eigenvalue weighted by molar-refractivity contribution is -0.133. The fourth-order valence-corrected chi connectivity index (χ4v) is 4.83. The van der Waals surface area contributed by atoms with Crippen LogP contribution in [0.3, 0.4) is 0 Å². The van der Waals surface area contributed by atoms with Crippen molar-refractivity contribution in [3.8, 4) is 5.75 Å². The first-order valence-electron chi connectivity index (χ1n) is 11.8. The van der Waals surface area contributed by atoms with Gasteiger partial charge in [0.2, 0.25) is 5.91 Å². The van der Waals surface area contributed by atoms with E-state index < -0.39 is 0 Å². The highest BCUT2D eigenvalue weighted by Crippen LogP contribution is 2.33. The van der Waals surface area contributed by atoms with Crippen LogP contribution in [0.15, 0.2) is 78.9 Å². The van der Waals surface area contributed by atoms with Gasteiger partial charge in [0.1, 0.15) is 12.3 Å². The Hall–Kier alpha value is -3.64. The van der Waals surface area contributed by atoms with Gasteiger partial charge in [0, 0.05) is 26.2 Å². The summed E-state index contributed by atoms with van der Waals surface area (Å²) in [5, 5.41) is 0. The molecule has 6 nitrogen and oxygen atoms in total. The molecule has 3 aromatic carbocycles.